The summed E-state index contributed by atoms with van der Waals surface area (Å²) in [6, 6.07) is 0.384. The van der Waals surface area contributed by atoms with Crippen LogP contribution in [0.2, 0.25) is 5.02 Å². The van der Waals surface area contributed by atoms with E-state index in [0.29, 0.717) is 17.0 Å². The smallest absolute Gasteiger partial charge is 0.0834 e. The number of halogens is 1. The van der Waals surface area contributed by atoms with Crippen LogP contribution in [-0.4, -0.2) is 9.78 Å². The standard InChI is InChI=1S/C10H16ClN3/c1-6(2)14-10(8(11)5-13-14)9(12)7-3-4-7/h5-7,9H,3-4,12H2,1-2H3. The summed E-state index contributed by atoms with van der Waals surface area (Å²) in [7, 11) is 0. The first-order valence-electron chi connectivity index (χ1n) is 5.09. The molecule has 0 saturated heterocycles. The number of aromatic nitrogens is 2. The van der Waals surface area contributed by atoms with E-state index in [-0.39, 0.29) is 6.04 Å². The molecule has 2 rings (SSSR count). The Bertz CT molecular complexity index is 328. The minimum atomic E-state index is 0.0624. The monoisotopic (exact) mass is 213 g/mol. The van der Waals surface area contributed by atoms with Crippen molar-refractivity contribution >= 4 is 11.6 Å². The number of hydrogen-bond acceptors (Lipinski definition) is 2. The van der Waals surface area contributed by atoms with Crippen molar-refractivity contribution in [1.29, 1.82) is 0 Å². The van der Waals surface area contributed by atoms with Gasteiger partial charge in [0.2, 0.25) is 0 Å². The summed E-state index contributed by atoms with van der Waals surface area (Å²) in [4.78, 5) is 0. The molecule has 78 valence electrons. The molecule has 3 nitrogen and oxygen atoms in total. The quantitative estimate of drug-likeness (QED) is 0.839. The largest absolute Gasteiger partial charge is 0.322 e. The van der Waals surface area contributed by atoms with Gasteiger partial charge in [-0.3, -0.25) is 4.68 Å². The van der Waals surface area contributed by atoms with E-state index in [9.17, 15) is 0 Å². The van der Waals surface area contributed by atoms with Gasteiger partial charge < -0.3 is 5.73 Å². The first-order valence-corrected chi connectivity index (χ1v) is 5.47. The lowest BCUT2D eigenvalue weighted by Gasteiger charge is -2.16. The molecular weight excluding hydrogens is 198 g/mol. The van der Waals surface area contributed by atoms with E-state index in [1.165, 1.54) is 12.8 Å². The van der Waals surface area contributed by atoms with Crippen molar-refractivity contribution in [1.82, 2.24) is 9.78 Å². The predicted molar refractivity (Wildman–Crippen MR) is 57.3 cm³/mol. The Kier molecular flexibility index (Phi) is 2.54. The Hall–Kier alpha value is -0.540. The summed E-state index contributed by atoms with van der Waals surface area (Å²) in [6.45, 7) is 4.18. The van der Waals surface area contributed by atoms with Gasteiger partial charge in [-0.25, -0.2) is 0 Å². The molecule has 14 heavy (non-hydrogen) atoms. The van der Waals surface area contributed by atoms with Crippen LogP contribution in [0.4, 0.5) is 0 Å². The summed E-state index contributed by atoms with van der Waals surface area (Å²) < 4.78 is 1.94. The molecule has 1 atom stereocenters. The van der Waals surface area contributed by atoms with Crippen LogP contribution >= 0.6 is 11.6 Å². The Morgan fingerprint density at radius 1 is 1.57 bits per heavy atom. The number of rotatable bonds is 3. The van der Waals surface area contributed by atoms with E-state index in [4.69, 9.17) is 17.3 Å². The van der Waals surface area contributed by atoms with Crippen molar-refractivity contribution in [2.45, 2.75) is 38.8 Å². The van der Waals surface area contributed by atoms with Crippen molar-refractivity contribution in [3.63, 3.8) is 0 Å². The maximum absolute atomic E-state index is 6.14. The second-order valence-electron chi connectivity index (χ2n) is 4.28. The van der Waals surface area contributed by atoms with Gasteiger partial charge in [0.25, 0.3) is 0 Å². The fraction of sp³-hybridized carbons (Fsp3) is 0.700. The fourth-order valence-corrected chi connectivity index (χ4v) is 2.01. The zero-order chi connectivity index (χ0) is 10.3. The van der Waals surface area contributed by atoms with Gasteiger partial charge in [0, 0.05) is 6.04 Å². The molecule has 1 aromatic rings. The minimum absolute atomic E-state index is 0.0624. The van der Waals surface area contributed by atoms with Crippen LogP contribution in [0.5, 0.6) is 0 Å². The van der Waals surface area contributed by atoms with E-state index in [1.54, 1.807) is 6.20 Å². The van der Waals surface area contributed by atoms with Crippen LogP contribution in [-0.2, 0) is 0 Å². The molecule has 1 fully saturated rings. The molecule has 1 heterocycles. The zero-order valence-corrected chi connectivity index (χ0v) is 9.33. The van der Waals surface area contributed by atoms with Gasteiger partial charge in [0.1, 0.15) is 0 Å². The first kappa shape index (κ1) is 9.99. The van der Waals surface area contributed by atoms with E-state index in [0.717, 1.165) is 5.69 Å². The lowest BCUT2D eigenvalue weighted by molar-refractivity contribution is 0.470. The van der Waals surface area contributed by atoms with Crippen molar-refractivity contribution in [3.8, 4) is 0 Å². The molecule has 0 radical (unpaired) electrons. The lowest BCUT2D eigenvalue weighted by Crippen LogP contribution is -2.19. The molecule has 0 bridgehead atoms. The van der Waals surface area contributed by atoms with Crippen molar-refractivity contribution < 1.29 is 0 Å². The van der Waals surface area contributed by atoms with E-state index < -0.39 is 0 Å². The minimum Gasteiger partial charge on any atom is -0.322 e. The van der Waals surface area contributed by atoms with Gasteiger partial charge in [-0.15, -0.1) is 0 Å². The van der Waals surface area contributed by atoms with Gasteiger partial charge in [0.15, 0.2) is 0 Å². The number of nitrogens with two attached hydrogens (primary N) is 1. The third-order valence-corrected chi connectivity index (χ3v) is 3.01. The normalized spacial score (nSPS) is 18.9. The second kappa shape index (κ2) is 3.55. The van der Waals surface area contributed by atoms with Crippen molar-refractivity contribution in [2.75, 3.05) is 0 Å². The zero-order valence-electron chi connectivity index (χ0n) is 8.57. The summed E-state index contributed by atoms with van der Waals surface area (Å²) in [5.41, 5.74) is 7.14. The molecule has 2 N–H and O–H groups in total. The van der Waals surface area contributed by atoms with E-state index in [1.807, 2.05) is 4.68 Å². The second-order valence-corrected chi connectivity index (χ2v) is 4.69. The molecule has 0 amide bonds. The maximum Gasteiger partial charge on any atom is 0.0834 e. The highest BCUT2D eigenvalue weighted by Crippen LogP contribution is 2.41. The van der Waals surface area contributed by atoms with Crippen LogP contribution in [0.15, 0.2) is 6.20 Å². The van der Waals surface area contributed by atoms with E-state index >= 15 is 0 Å². The average molecular weight is 214 g/mol. The van der Waals surface area contributed by atoms with E-state index in [2.05, 4.69) is 18.9 Å². The summed E-state index contributed by atoms with van der Waals surface area (Å²) >= 11 is 6.09. The molecule has 4 heteroatoms. The highest BCUT2D eigenvalue weighted by molar-refractivity contribution is 6.31. The molecule has 1 aliphatic rings. The Morgan fingerprint density at radius 3 is 2.71 bits per heavy atom. The van der Waals surface area contributed by atoms with Gasteiger partial charge >= 0.3 is 0 Å². The molecular formula is C10H16ClN3. The average Bonchev–Trinajstić information content (AvgIpc) is 2.88. The van der Waals surface area contributed by atoms with Crippen LogP contribution in [0.1, 0.15) is 44.5 Å². The molecule has 0 aromatic carbocycles. The summed E-state index contributed by atoms with van der Waals surface area (Å²) in [5.74, 6) is 0.613. The van der Waals surface area contributed by atoms with Crippen molar-refractivity contribution in [3.05, 3.63) is 16.9 Å². The highest BCUT2D eigenvalue weighted by Gasteiger charge is 2.33. The molecule has 1 aliphatic carbocycles. The molecule has 0 aliphatic heterocycles. The predicted octanol–water partition coefficient (Wildman–Crippen LogP) is 2.53. The summed E-state index contributed by atoms with van der Waals surface area (Å²) in [5, 5.41) is 4.96. The van der Waals surface area contributed by atoms with Crippen molar-refractivity contribution in [2.24, 2.45) is 11.7 Å². The van der Waals surface area contributed by atoms with Gasteiger partial charge in [-0.2, -0.15) is 5.10 Å². The van der Waals surface area contributed by atoms with Crippen LogP contribution in [0.25, 0.3) is 0 Å². The van der Waals surface area contributed by atoms with Gasteiger partial charge in [-0.1, -0.05) is 11.6 Å². The lowest BCUT2D eigenvalue weighted by atomic mass is 10.1. The van der Waals surface area contributed by atoms with Gasteiger partial charge in [-0.05, 0) is 32.6 Å². The number of nitrogens with zero attached hydrogens (tertiary/aromatic N) is 2. The third-order valence-electron chi connectivity index (χ3n) is 2.72. The molecule has 1 aromatic heterocycles. The fourth-order valence-electron chi connectivity index (χ4n) is 1.75. The Balaban J connectivity index is 2.33. The molecule has 1 saturated carbocycles. The molecule has 1 unspecified atom stereocenters. The van der Waals surface area contributed by atoms with Crippen LogP contribution < -0.4 is 5.73 Å². The molecule has 0 spiro atoms. The van der Waals surface area contributed by atoms with Crippen LogP contribution in [0, 0.1) is 5.92 Å². The van der Waals surface area contributed by atoms with Gasteiger partial charge in [0.05, 0.1) is 23.0 Å². The SMILES string of the molecule is CC(C)n1ncc(Cl)c1C(N)C1CC1. The Labute approximate surface area is 89.2 Å². The number of hydrogen-bond donors (Lipinski definition) is 1. The summed E-state index contributed by atoms with van der Waals surface area (Å²) in [6.07, 6.45) is 4.14. The van der Waals surface area contributed by atoms with Crippen LogP contribution in [0.3, 0.4) is 0 Å². The highest BCUT2D eigenvalue weighted by atomic mass is 35.5. The third kappa shape index (κ3) is 1.66. The maximum atomic E-state index is 6.14. The topological polar surface area (TPSA) is 43.8 Å². The first-order chi connectivity index (χ1) is 6.61. The Morgan fingerprint density at radius 2 is 2.21 bits per heavy atom.